The molecule has 0 aromatic heterocycles. The monoisotopic (exact) mass is 289 g/mol. The predicted molar refractivity (Wildman–Crippen MR) is 89.5 cm³/mol. The summed E-state index contributed by atoms with van der Waals surface area (Å²) in [5, 5.41) is 3.66. The smallest absolute Gasteiger partial charge is 0.0468 e. The maximum absolute atomic E-state index is 5.50. The number of benzene rings is 1. The van der Waals surface area contributed by atoms with Gasteiger partial charge in [-0.3, -0.25) is 0 Å². The first-order valence-corrected chi connectivity index (χ1v) is 8.56. The van der Waals surface area contributed by atoms with Crippen LogP contribution in [0.4, 0.5) is 0 Å². The molecule has 1 aliphatic heterocycles. The summed E-state index contributed by atoms with van der Waals surface area (Å²) >= 11 is 0. The van der Waals surface area contributed by atoms with Crippen LogP contribution >= 0.6 is 0 Å². The van der Waals surface area contributed by atoms with Crippen molar-refractivity contribution in [2.75, 3.05) is 26.3 Å². The van der Waals surface area contributed by atoms with E-state index in [1.165, 1.54) is 31.2 Å². The lowest BCUT2D eigenvalue weighted by atomic mass is 9.85. The standard InChI is InChI=1S/C19H31NO/c1-16(2)14-20-15-19(12-17-6-4-3-5-7-17)13-18-8-10-21-11-9-18/h3-7,16,18-20H,8-15H2,1-2H3. The van der Waals surface area contributed by atoms with Gasteiger partial charge in [0.15, 0.2) is 0 Å². The van der Waals surface area contributed by atoms with Gasteiger partial charge in [-0.15, -0.1) is 0 Å². The summed E-state index contributed by atoms with van der Waals surface area (Å²) in [7, 11) is 0. The van der Waals surface area contributed by atoms with Gasteiger partial charge in [0.2, 0.25) is 0 Å². The molecule has 2 rings (SSSR count). The summed E-state index contributed by atoms with van der Waals surface area (Å²) in [6.07, 6.45) is 5.03. The molecule has 1 unspecified atom stereocenters. The van der Waals surface area contributed by atoms with Crippen LogP contribution in [0.3, 0.4) is 0 Å². The summed E-state index contributed by atoms with van der Waals surface area (Å²) in [4.78, 5) is 0. The summed E-state index contributed by atoms with van der Waals surface area (Å²) in [6.45, 7) is 8.74. The van der Waals surface area contributed by atoms with Crippen molar-refractivity contribution in [1.82, 2.24) is 5.32 Å². The second kappa shape index (κ2) is 9.22. The molecule has 1 aromatic rings. The van der Waals surface area contributed by atoms with Crippen molar-refractivity contribution in [1.29, 1.82) is 0 Å². The number of rotatable bonds is 8. The molecule has 118 valence electrons. The van der Waals surface area contributed by atoms with Gasteiger partial charge in [-0.25, -0.2) is 0 Å². The fraction of sp³-hybridized carbons (Fsp3) is 0.684. The first kappa shape index (κ1) is 16.5. The van der Waals surface area contributed by atoms with E-state index in [9.17, 15) is 0 Å². The van der Waals surface area contributed by atoms with E-state index in [1.807, 2.05) is 0 Å². The van der Waals surface area contributed by atoms with Gasteiger partial charge in [-0.1, -0.05) is 44.2 Å². The first-order chi connectivity index (χ1) is 10.2. The number of ether oxygens (including phenoxy) is 1. The van der Waals surface area contributed by atoms with E-state index in [0.29, 0.717) is 0 Å². The van der Waals surface area contributed by atoms with Crippen LogP contribution in [-0.4, -0.2) is 26.3 Å². The fourth-order valence-corrected chi connectivity index (χ4v) is 3.22. The lowest BCUT2D eigenvalue weighted by Crippen LogP contribution is -2.30. The Morgan fingerprint density at radius 2 is 1.81 bits per heavy atom. The van der Waals surface area contributed by atoms with Crippen LogP contribution in [0.5, 0.6) is 0 Å². The van der Waals surface area contributed by atoms with Gasteiger partial charge < -0.3 is 10.1 Å². The minimum atomic E-state index is 0.727. The van der Waals surface area contributed by atoms with Crippen molar-refractivity contribution in [2.24, 2.45) is 17.8 Å². The number of nitrogens with one attached hydrogen (secondary N) is 1. The first-order valence-electron chi connectivity index (χ1n) is 8.56. The van der Waals surface area contributed by atoms with Crippen molar-refractivity contribution >= 4 is 0 Å². The third kappa shape index (κ3) is 6.62. The molecule has 1 saturated heterocycles. The Morgan fingerprint density at radius 3 is 2.48 bits per heavy atom. The Bertz CT molecular complexity index is 370. The Labute approximate surface area is 130 Å². The molecule has 1 N–H and O–H groups in total. The summed E-state index contributed by atoms with van der Waals surface area (Å²) in [5.41, 5.74) is 1.47. The van der Waals surface area contributed by atoms with Crippen molar-refractivity contribution < 1.29 is 4.74 Å². The molecule has 1 aliphatic rings. The molecule has 21 heavy (non-hydrogen) atoms. The van der Waals surface area contributed by atoms with Gasteiger partial charge in [-0.05, 0) is 62.1 Å². The van der Waals surface area contributed by atoms with Gasteiger partial charge >= 0.3 is 0 Å². The molecule has 2 heteroatoms. The van der Waals surface area contributed by atoms with Gasteiger partial charge in [0.25, 0.3) is 0 Å². The Balaban J connectivity index is 1.85. The molecule has 1 heterocycles. The zero-order chi connectivity index (χ0) is 14.9. The number of hydrogen-bond donors (Lipinski definition) is 1. The van der Waals surface area contributed by atoms with E-state index in [1.54, 1.807) is 0 Å². The normalized spacial score (nSPS) is 18.0. The molecular weight excluding hydrogens is 258 g/mol. The van der Waals surface area contributed by atoms with Crippen LogP contribution in [-0.2, 0) is 11.2 Å². The Kier molecular flexibility index (Phi) is 7.25. The van der Waals surface area contributed by atoms with E-state index >= 15 is 0 Å². The molecule has 0 radical (unpaired) electrons. The zero-order valence-electron chi connectivity index (χ0n) is 13.7. The van der Waals surface area contributed by atoms with E-state index in [4.69, 9.17) is 4.74 Å². The average molecular weight is 289 g/mol. The molecule has 1 atom stereocenters. The maximum atomic E-state index is 5.50. The molecule has 0 amide bonds. The Hall–Kier alpha value is -0.860. The van der Waals surface area contributed by atoms with Crippen LogP contribution in [0, 0.1) is 17.8 Å². The topological polar surface area (TPSA) is 21.3 Å². The second-order valence-electron chi connectivity index (χ2n) is 6.90. The predicted octanol–water partition coefficient (Wildman–Crippen LogP) is 3.91. The summed E-state index contributed by atoms with van der Waals surface area (Å²) in [6, 6.07) is 10.9. The van der Waals surface area contributed by atoms with E-state index in [2.05, 4.69) is 49.5 Å². The highest BCUT2D eigenvalue weighted by Gasteiger charge is 2.19. The van der Waals surface area contributed by atoms with E-state index in [0.717, 1.165) is 44.1 Å². The highest BCUT2D eigenvalue weighted by atomic mass is 16.5. The summed E-state index contributed by atoms with van der Waals surface area (Å²) < 4.78 is 5.50. The lowest BCUT2D eigenvalue weighted by molar-refractivity contribution is 0.0584. The summed E-state index contributed by atoms with van der Waals surface area (Å²) in [5.74, 6) is 2.33. The largest absolute Gasteiger partial charge is 0.381 e. The minimum absolute atomic E-state index is 0.727. The molecule has 0 spiro atoms. The third-order valence-electron chi connectivity index (χ3n) is 4.36. The third-order valence-corrected chi connectivity index (χ3v) is 4.36. The van der Waals surface area contributed by atoms with Crippen LogP contribution < -0.4 is 5.32 Å². The maximum Gasteiger partial charge on any atom is 0.0468 e. The minimum Gasteiger partial charge on any atom is -0.381 e. The molecule has 1 aromatic carbocycles. The lowest BCUT2D eigenvalue weighted by Gasteiger charge is -2.27. The SMILES string of the molecule is CC(C)CNCC(Cc1ccccc1)CC1CCOCC1. The zero-order valence-corrected chi connectivity index (χ0v) is 13.7. The van der Waals surface area contributed by atoms with E-state index < -0.39 is 0 Å². The van der Waals surface area contributed by atoms with Crippen LogP contribution in [0.15, 0.2) is 30.3 Å². The van der Waals surface area contributed by atoms with Crippen LogP contribution in [0.1, 0.15) is 38.7 Å². The van der Waals surface area contributed by atoms with Crippen LogP contribution in [0.25, 0.3) is 0 Å². The van der Waals surface area contributed by atoms with Gasteiger partial charge in [-0.2, -0.15) is 0 Å². The molecule has 1 fully saturated rings. The molecule has 0 saturated carbocycles. The van der Waals surface area contributed by atoms with Crippen molar-refractivity contribution in [2.45, 2.75) is 39.5 Å². The van der Waals surface area contributed by atoms with Gasteiger partial charge in [0.1, 0.15) is 0 Å². The average Bonchev–Trinajstić information content (AvgIpc) is 2.49. The number of hydrogen-bond acceptors (Lipinski definition) is 2. The highest BCUT2D eigenvalue weighted by Crippen LogP contribution is 2.25. The molecule has 2 nitrogen and oxygen atoms in total. The molecule has 0 bridgehead atoms. The Morgan fingerprint density at radius 1 is 1.10 bits per heavy atom. The van der Waals surface area contributed by atoms with Gasteiger partial charge in [0.05, 0.1) is 0 Å². The molecule has 0 aliphatic carbocycles. The van der Waals surface area contributed by atoms with E-state index in [-0.39, 0.29) is 0 Å². The van der Waals surface area contributed by atoms with Gasteiger partial charge in [0, 0.05) is 13.2 Å². The fourth-order valence-electron chi connectivity index (χ4n) is 3.22. The quantitative estimate of drug-likeness (QED) is 0.783. The van der Waals surface area contributed by atoms with Crippen LogP contribution in [0.2, 0.25) is 0 Å². The second-order valence-corrected chi connectivity index (χ2v) is 6.90. The van der Waals surface area contributed by atoms with Crippen molar-refractivity contribution in [3.8, 4) is 0 Å². The van der Waals surface area contributed by atoms with Crippen molar-refractivity contribution in [3.05, 3.63) is 35.9 Å². The molecular formula is C19H31NO. The van der Waals surface area contributed by atoms with Crippen molar-refractivity contribution in [3.63, 3.8) is 0 Å². The highest BCUT2D eigenvalue weighted by molar-refractivity contribution is 5.15.